The van der Waals surface area contributed by atoms with Gasteiger partial charge in [0.2, 0.25) is 5.91 Å². The van der Waals surface area contributed by atoms with Crippen LogP contribution in [-0.4, -0.2) is 13.0 Å². The van der Waals surface area contributed by atoms with E-state index in [1.807, 2.05) is 18.2 Å². The fourth-order valence-electron chi connectivity index (χ4n) is 1.96. The molecule has 1 aromatic rings. The fourth-order valence-corrected chi connectivity index (χ4v) is 1.96. The van der Waals surface area contributed by atoms with Crippen LogP contribution in [0.5, 0.6) is 5.75 Å². The number of carbonyl (C=O) groups excluding carboxylic acids is 1. The molecule has 0 saturated heterocycles. The molecule has 0 atom stereocenters. The number of allylic oxidation sites excluding steroid dienone is 1. The number of carbonyl (C=O) groups is 1. The van der Waals surface area contributed by atoms with Crippen molar-refractivity contribution >= 4 is 11.6 Å². The Bertz CT molecular complexity index is 449. The topological polar surface area (TPSA) is 38.3 Å². The van der Waals surface area contributed by atoms with Crippen molar-refractivity contribution in [2.45, 2.75) is 19.8 Å². The van der Waals surface area contributed by atoms with Crippen molar-refractivity contribution in [1.82, 2.24) is 5.32 Å². The summed E-state index contributed by atoms with van der Waals surface area (Å²) < 4.78 is 5.19. The van der Waals surface area contributed by atoms with E-state index in [0.717, 1.165) is 29.9 Å². The molecule has 1 aliphatic rings. The van der Waals surface area contributed by atoms with Gasteiger partial charge in [0, 0.05) is 18.2 Å². The second-order valence-electron chi connectivity index (χ2n) is 3.86. The summed E-state index contributed by atoms with van der Waals surface area (Å²) in [6, 6.07) is 5.94. The summed E-state index contributed by atoms with van der Waals surface area (Å²) in [5.74, 6) is 0.831. The SMILES string of the molecule is COc1ccc2c(c1)CCC=C2NC(C)=O. The quantitative estimate of drug-likeness (QED) is 0.824. The number of hydrogen-bond donors (Lipinski definition) is 1. The molecule has 0 radical (unpaired) electrons. The van der Waals surface area contributed by atoms with Crippen LogP contribution < -0.4 is 10.1 Å². The van der Waals surface area contributed by atoms with Crippen molar-refractivity contribution in [2.75, 3.05) is 7.11 Å². The van der Waals surface area contributed by atoms with Crippen molar-refractivity contribution in [3.8, 4) is 5.75 Å². The normalized spacial score (nSPS) is 13.8. The molecule has 0 saturated carbocycles. The number of rotatable bonds is 2. The first-order valence-corrected chi connectivity index (χ1v) is 5.36. The minimum absolute atomic E-state index is 0.0325. The van der Waals surface area contributed by atoms with Gasteiger partial charge in [-0.1, -0.05) is 6.08 Å². The lowest BCUT2D eigenvalue weighted by Gasteiger charge is -2.18. The van der Waals surface area contributed by atoms with E-state index in [1.165, 1.54) is 12.5 Å². The first kappa shape index (κ1) is 10.7. The molecule has 0 aliphatic heterocycles. The van der Waals surface area contributed by atoms with Crippen molar-refractivity contribution in [3.05, 3.63) is 35.4 Å². The van der Waals surface area contributed by atoms with E-state index in [9.17, 15) is 4.79 Å². The standard InChI is InChI=1S/C13H15NO2/c1-9(15)14-13-5-3-4-10-8-11(16-2)6-7-12(10)13/h5-8H,3-4H2,1-2H3,(H,14,15). The summed E-state index contributed by atoms with van der Waals surface area (Å²) in [6.45, 7) is 1.53. The third-order valence-corrected chi connectivity index (χ3v) is 2.68. The number of fused-ring (bicyclic) bond motifs is 1. The van der Waals surface area contributed by atoms with Gasteiger partial charge < -0.3 is 10.1 Å². The van der Waals surface area contributed by atoms with Gasteiger partial charge in [-0.2, -0.15) is 0 Å². The molecule has 0 bridgehead atoms. The van der Waals surface area contributed by atoms with Gasteiger partial charge in [0.05, 0.1) is 7.11 Å². The molecular formula is C13H15NO2. The number of methoxy groups -OCH3 is 1. The van der Waals surface area contributed by atoms with E-state index in [1.54, 1.807) is 7.11 Å². The maximum absolute atomic E-state index is 11.1. The summed E-state index contributed by atoms with van der Waals surface area (Å²) >= 11 is 0. The minimum Gasteiger partial charge on any atom is -0.497 e. The van der Waals surface area contributed by atoms with Crippen LogP contribution in [0.4, 0.5) is 0 Å². The Morgan fingerprint density at radius 2 is 2.25 bits per heavy atom. The molecule has 1 aliphatic carbocycles. The van der Waals surface area contributed by atoms with Crippen molar-refractivity contribution in [2.24, 2.45) is 0 Å². The number of nitrogens with one attached hydrogen (secondary N) is 1. The summed E-state index contributed by atoms with van der Waals surface area (Å²) in [4.78, 5) is 11.1. The zero-order chi connectivity index (χ0) is 11.5. The second-order valence-corrected chi connectivity index (χ2v) is 3.86. The van der Waals surface area contributed by atoms with Crippen LogP contribution in [-0.2, 0) is 11.2 Å². The van der Waals surface area contributed by atoms with Crippen LogP contribution in [0.15, 0.2) is 24.3 Å². The van der Waals surface area contributed by atoms with E-state index in [4.69, 9.17) is 4.74 Å². The predicted molar refractivity (Wildman–Crippen MR) is 63.1 cm³/mol. The Kier molecular flexibility index (Phi) is 2.95. The van der Waals surface area contributed by atoms with Gasteiger partial charge in [-0.3, -0.25) is 4.79 Å². The predicted octanol–water partition coefficient (Wildman–Crippen LogP) is 2.12. The Labute approximate surface area is 95.1 Å². The number of aryl methyl sites for hydroxylation is 1. The van der Waals surface area contributed by atoms with Gasteiger partial charge in [0.1, 0.15) is 5.75 Å². The highest BCUT2D eigenvalue weighted by Gasteiger charge is 2.13. The van der Waals surface area contributed by atoms with Crippen LogP contribution in [0.3, 0.4) is 0 Å². The van der Waals surface area contributed by atoms with Crippen molar-refractivity contribution in [3.63, 3.8) is 0 Å². The first-order valence-electron chi connectivity index (χ1n) is 5.36. The average molecular weight is 217 g/mol. The molecule has 1 aromatic carbocycles. The van der Waals surface area contributed by atoms with Gasteiger partial charge in [-0.15, -0.1) is 0 Å². The molecule has 0 aromatic heterocycles. The zero-order valence-corrected chi connectivity index (χ0v) is 9.54. The Morgan fingerprint density at radius 1 is 1.44 bits per heavy atom. The summed E-state index contributed by atoms with van der Waals surface area (Å²) in [5, 5.41) is 2.86. The van der Waals surface area contributed by atoms with Crippen molar-refractivity contribution in [1.29, 1.82) is 0 Å². The van der Waals surface area contributed by atoms with Gasteiger partial charge in [-0.25, -0.2) is 0 Å². The molecule has 0 unspecified atom stereocenters. The number of ether oxygens (including phenoxy) is 1. The lowest BCUT2D eigenvalue weighted by molar-refractivity contribution is -0.117. The lowest BCUT2D eigenvalue weighted by Crippen LogP contribution is -2.20. The molecule has 3 heteroatoms. The van der Waals surface area contributed by atoms with Crippen LogP contribution in [0.2, 0.25) is 0 Å². The molecule has 1 amide bonds. The lowest BCUT2D eigenvalue weighted by atomic mass is 9.94. The highest BCUT2D eigenvalue weighted by atomic mass is 16.5. The number of benzene rings is 1. The Hall–Kier alpha value is -1.77. The third kappa shape index (κ3) is 2.08. The summed E-state index contributed by atoms with van der Waals surface area (Å²) in [7, 11) is 1.66. The molecule has 16 heavy (non-hydrogen) atoms. The highest BCUT2D eigenvalue weighted by molar-refractivity contribution is 5.86. The van der Waals surface area contributed by atoms with Gasteiger partial charge in [0.25, 0.3) is 0 Å². The van der Waals surface area contributed by atoms with Crippen LogP contribution in [0.1, 0.15) is 24.5 Å². The van der Waals surface area contributed by atoms with E-state index in [2.05, 4.69) is 11.4 Å². The average Bonchev–Trinajstić information content (AvgIpc) is 2.28. The molecule has 84 valence electrons. The summed E-state index contributed by atoms with van der Waals surface area (Å²) in [5.41, 5.74) is 3.24. The smallest absolute Gasteiger partial charge is 0.221 e. The number of amides is 1. The van der Waals surface area contributed by atoms with E-state index >= 15 is 0 Å². The summed E-state index contributed by atoms with van der Waals surface area (Å²) in [6.07, 6.45) is 4.02. The Balaban J connectivity index is 2.35. The molecule has 2 rings (SSSR count). The molecule has 0 fully saturated rings. The van der Waals surface area contributed by atoms with Crippen LogP contribution >= 0.6 is 0 Å². The molecule has 1 N–H and O–H groups in total. The maximum atomic E-state index is 11.1. The highest BCUT2D eigenvalue weighted by Crippen LogP contribution is 2.27. The maximum Gasteiger partial charge on any atom is 0.221 e. The van der Waals surface area contributed by atoms with E-state index < -0.39 is 0 Å². The van der Waals surface area contributed by atoms with Crippen LogP contribution in [0, 0.1) is 0 Å². The molecule has 0 heterocycles. The Morgan fingerprint density at radius 3 is 2.94 bits per heavy atom. The van der Waals surface area contributed by atoms with Crippen LogP contribution in [0.25, 0.3) is 5.70 Å². The second kappa shape index (κ2) is 4.39. The van der Waals surface area contributed by atoms with E-state index in [0.29, 0.717) is 0 Å². The number of hydrogen-bond acceptors (Lipinski definition) is 2. The van der Waals surface area contributed by atoms with Gasteiger partial charge >= 0.3 is 0 Å². The first-order chi connectivity index (χ1) is 7.70. The molecular weight excluding hydrogens is 202 g/mol. The molecule has 0 spiro atoms. The van der Waals surface area contributed by atoms with Gasteiger partial charge in [-0.05, 0) is 36.6 Å². The van der Waals surface area contributed by atoms with Gasteiger partial charge in [0.15, 0.2) is 0 Å². The largest absolute Gasteiger partial charge is 0.497 e. The fraction of sp³-hybridized carbons (Fsp3) is 0.308. The van der Waals surface area contributed by atoms with E-state index in [-0.39, 0.29) is 5.91 Å². The minimum atomic E-state index is -0.0325. The third-order valence-electron chi connectivity index (χ3n) is 2.68. The van der Waals surface area contributed by atoms with Crippen molar-refractivity contribution < 1.29 is 9.53 Å². The zero-order valence-electron chi connectivity index (χ0n) is 9.54. The molecule has 3 nitrogen and oxygen atoms in total. The monoisotopic (exact) mass is 217 g/mol.